The zero-order valence-electron chi connectivity index (χ0n) is 19.3. The quantitative estimate of drug-likeness (QED) is 0.346. The predicted molar refractivity (Wildman–Crippen MR) is 146 cm³/mol. The van der Waals surface area contributed by atoms with Gasteiger partial charge in [-0.25, -0.2) is 4.99 Å². The first-order valence-corrected chi connectivity index (χ1v) is 12.3. The lowest BCUT2D eigenvalue weighted by Crippen LogP contribution is -2.20. The number of benzene rings is 3. The number of aryl methyl sites for hydroxylation is 1. The molecule has 184 valence electrons. The van der Waals surface area contributed by atoms with Gasteiger partial charge in [0, 0.05) is 5.02 Å². The summed E-state index contributed by atoms with van der Waals surface area (Å²) in [6, 6.07) is 17.5. The fourth-order valence-electron chi connectivity index (χ4n) is 3.27. The third-order valence-electron chi connectivity index (χ3n) is 5.02. The average molecular weight is 542 g/mol. The van der Waals surface area contributed by atoms with Crippen LogP contribution in [0, 0.1) is 6.92 Å². The van der Waals surface area contributed by atoms with Crippen LogP contribution in [-0.2, 0) is 9.59 Å². The number of amidine groups is 1. The number of nitrogens with zero attached hydrogens (tertiary/aromatic N) is 1. The molecule has 0 unspecified atom stereocenters. The van der Waals surface area contributed by atoms with E-state index < -0.39 is 0 Å². The van der Waals surface area contributed by atoms with Gasteiger partial charge in [-0.15, -0.1) is 0 Å². The standard InChI is InChI=1S/C26H21Cl2N3O4S/c1-15-11-17(27)8-9-19(15)30-26-31-25(33)23(36-26)13-16-7-10-21(22(12-16)34-2)35-14-24(32)29-20-6-4-3-5-18(20)28/h3-13H,14H2,1-2H3,(H,29,32)(H,30,31,33)/b23-13-. The lowest BCUT2D eigenvalue weighted by molar-refractivity contribution is -0.118. The number of para-hydroxylation sites is 1. The van der Waals surface area contributed by atoms with Crippen molar-refractivity contribution in [3.63, 3.8) is 0 Å². The molecule has 1 fully saturated rings. The van der Waals surface area contributed by atoms with Gasteiger partial charge in [0.1, 0.15) is 0 Å². The van der Waals surface area contributed by atoms with E-state index in [9.17, 15) is 9.59 Å². The number of hydrogen-bond acceptors (Lipinski definition) is 6. The van der Waals surface area contributed by atoms with E-state index in [1.807, 2.05) is 13.0 Å². The van der Waals surface area contributed by atoms with Gasteiger partial charge in [0.2, 0.25) is 0 Å². The van der Waals surface area contributed by atoms with Gasteiger partial charge in [0.15, 0.2) is 23.3 Å². The minimum Gasteiger partial charge on any atom is -0.493 e. The number of amides is 2. The normalized spacial score (nSPS) is 15.2. The highest BCUT2D eigenvalue weighted by molar-refractivity contribution is 8.18. The van der Waals surface area contributed by atoms with E-state index in [1.54, 1.807) is 60.7 Å². The molecule has 3 aromatic carbocycles. The number of thioether (sulfide) groups is 1. The number of aliphatic imine (C=N–C) groups is 1. The summed E-state index contributed by atoms with van der Waals surface area (Å²) in [6.45, 7) is 1.67. The van der Waals surface area contributed by atoms with Crippen LogP contribution in [0.2, 0.25) is 10.0 Å². The van der Waals surface area contributed by atoms with E-state index in [2.05, 4.69) is 15.6 Å². The number of methoxy groups -OCH3 is 1. The maximum absolute atomic E-state index is 12.5. The first-order chi connectivity index (χ1) is 17.3. The van der Waals surface area contributed by atoms with Gasteiger partial charge in [0.05, 0.1) is 28.4 Å². The molecule has 0 spiro atoms. The van der Waals surface area contributed by atoms with Crippen molar-refractivity contribution in [2.45, 2.75) is 6.92 Å². The highest BCUT2D eigenvalue weighted by Crippen LogP contribution is 2.33. The Bertz CT molecular complexity index is 1390. The molecule has 0 radical (unpaired) electrons. The molecule has 4 rings (SSSR count). The van der Waals surface area contributed by atoms with Crippen LogP contribution in [0.1, 0.15) is 11.1 Å². The summed E-state index contributed by atoms with van der Waals surface area (Å²) in [5, 5.41) is 7.02. The minimum absolute atomic E-state index is 0.232. The summed E-state index contributed by atoms with van der Waals surface area (Å²) in [4.78, 5) is 29.7. The van der Waals surface area contributed by atoms with E-state index in [1.165, 1.54) is 18.9 Å². The van der Waals surface area contributed by atoms with Crippen molar-refractivity contribution in [3.8, 4) is 11.5 Å². The number of hydrogen-bond donors (Lipinski definition) is 2. The van der Waals surface area contributed by atoms with Crippen LogP contribution in [0.5, 0.6) is 11.5 Å². The molecule has 2 amide bonds. The third kappa shape index (κ3) is 6.40. The van der Waals surface area contributed by atoms with Gasteiger partial charge in [0.25, 0.3) is 11.8 Å². The summed E-state index contributed by atoms with van der Waals surface area (Å²) < 4.78 is 11.1. The van der Waals surface area contributed by atoms with Gasteiger partial charge < -0.3 is 20.1 Å². The summed E-state index contributed by atoms with van der Waals surface area (Å²) in [5.41, 5.74) is 2.86. The second-order valence-corrected chi connectivity index (χ2v) is 9.51. The van der Waals surface area contributed by atoms with Crippen molar-refractivity contribution in [1.82, 2.24) is 5.32 Å². The van der Waals surface area contributed by atoms with Crippen molar-refractivity contribution < 1.29 is 19.1 Å². The Kier molecular flexibility index (Phi) is 8.20. The topological polar surface area (TPSA) is 89.0 Å². The number of anilines is 1. The van der Waals surface area contributed by atoms with Gasteiger partial charge >= 0.3 is 0 Å². The molecular formula is C26H21Cl2N3O4S. The smallest absolute Gasteiger partial charge is 0.264 e. The number of carbonyl (C=O) groups excluding carboxylic acids is 2. The average Bonchev–Trinajstić information content (AvgIpc) is 3.19. The third-order valence-corrected chi connectivity index (χ3v) is 6.50. The van der Waals surface area contributed by atoms with Crippen LogP contribution in [0.15, 0.2) is 70.6 Å². The summed E-state index contributed by atoms with van der Waals surface area (Å²) in [5.74, 6) is 0.195. The maximum Gasteiger partial charge on any atom is 0.264 e. The van der Waals surface area contributed by atoms with Crippen molar-refractivity contribution in [1.29, 1.82) is 0 Å². The molecule has 1 saturated heterocycles. The fourth-order valence-corrected chi connectivity index (χ4v) is 4.52. The summed E-state index contributed by atoms with van der Waals surface area (Å²) >= 11 is 13.3. The molecule has 10 heteroatoms. The van der Waals surface area contributed by atoms with E-state index >= 15 is 0 Å². The zero-order valence-corrected chi connectivity index (χ0v) is 21.6. The number of rotatable bonds is 7. The van der Waals surface area contributed by atoms with Crippen molar-refractivity contribution in [2.24, 2.45) is 4.99 Å². The Balaban J connectivity index is 1.43. The lowest BCUT2D eigenvalue weighted by atomic mass is 10.2. The highest BCUT2D eigenvalue weighted by atomic mass is 35.5. The summed E-state index contributed by atoms with van der Waals surface area (Å²) in [6.07, 6.45) is 1.73. The van der Waals surface area contributed by atoms with E-state index in [0.717, 1.165) is 16.8 Å². The molecule has 7 nitrogen and oxygen atoms in total. The van der Waals surface area contributed by atoms with Crippen LogP contribution in [0.25, 0.3) is 6.08 Å². The second kappa shape index (κ2) is 11.5. The Morgan fingerprint density at radius 3 is 2.67 bits per heavy atom. The number of carbonyl (C=O) groups is 2. The number of ether oxygens (including phenoxy) is 2. The van der Waals surface area contributed by atoms with E-state index in [0.29, 0.717) is 37.3 Å². The molecule has 0 aromatic heterocycles. The first kappa shape index (κ1) is 25.6. The molecule has 2 N–H and O–H groups in total. The molecule has 1 heterocycles. The van der Waals surface area contributed by atoms with Crippen molar-refractivity contribution in [2.75, 3.05) is 19.0 Å². The highest BCUT2D eigenvalue weighted by Gasteiger charge is 2.24. The molecule has 36 heavy (non-hydrogen) atoms. The van der Waals surface area contributed by atoms with Crippen LogP contribution < -0.4 is 20.1 Å². The van der Waals surface area contributed by atoms with Crippen LogP contribution in [-0.4, -0.2) is 30.7 Å². The molecule has 3 aromatic rings. The zero-order chi connectivity index (χ0) is 25.7. The molecule has 1 aliphatic rings. The fraction of sp³-hybridized carbons (Fsp3) is 0.115. The Morgan fingerprint density at radius 2 is 1.92 bits per heavy atom. The molecule has 0 saturated carbocycles. The Labute approximate surface area is 222 Å². The van der Waals surface area contributed by atoms with Gasteiger partial charge in [-0.05, 0) is 78.4 Å². The Hall–Kier alpha value is -3.46. The van der Waals surface area contributed by atoms with Crippen LogP contribution in [0.3, 0.4) is 0 Å². The van der Waals surface area contributed by atoms with E-state index in [4.69, 9.17) is 32.7 Å². The summed E-state index contributed by atoms with van der Waals surface area (Å²) in [7, 11) is 1.50. The molecule has 0 bridgehead atoms. The maximum atomic E-state index is 12.5. The molecular weight excluding hydrogens is 521 g/mol. The second-order valence-electron chi connectivity index (χ2n) is 7.64. The van der Waals surface area contributed by atoms with Crippen LogP contribution >= 0.6 is 35.0 Å². The van der Waals surface area contributed by atoms with E-state index in [-0.39, 0.29) is 18.4 Å². The Morgan fingerprint density at radius 1 is 1.11 bits per heavy atom. The van der Waals surface area contributed by atoms with Crippen LogP contribution in [0.4, 0.5) is 11.4 Å². The van der Waals surface area contributed by atoms with Crippen molar-refractivity contribution >= 4 is 69.4 Å². The van der Waals surface area contributed by atoms with Gasteiger partial charge in [-0.3, -0.25) is 9.59 Å². The monoisotopic (exact) mass is 541 g/mol. The van der Waals surface area contributed by atoms with Crippen molar-refractivity contribution in [3.05, 3.63) is 86.7 Å². The number of nitrogens with one attached hydrogen (secondary N) is 2. The SMILES string of the molecule is COc1cc(/C=C2\SC(=Nc3ccc(Cl)cc3C)NC2=O)ccc1OCC(=O)Nc1ccccc1Cl. The molecule has 1 aliphatic heterocycles. The first-order valence-electron chi connectivity index (χ1n) is 10.7. The molecule has 0 atom stereocenters. The molecule has 0 aliphatic carbocycles. The lowest BCUT2D eigenvalue weighted by Gasteiger charge is -2.12. The largest absolute Gasteiger partial charge is 0.493 e. The van der Waals surface area contributed by atoms with Gasteiger partial charge in [-0.1, -0.05) is 41.4 Å². The number of halogens is 2. The minimum atomic E-state index is -0.363. The predicted octanol–water partition coefficient (Wildman–Crippen LogP) is 6.22. The van der Waals surface area contributed by atoms with Gasteiger partial charge in [-0.2, -0.15) is 0 Å².